The van der Waals surface area contributed by atoms with Crippen molar-refractivity contribution in [3.05, 3.63) is 35.1 Å². The van der Waals surface area contributed by atoms with Gasteiger partial charge in [0.25, 0.3) is 5.56 Å². The third kappa shape index (κ3) is 3.83. The quantitative estimate of drug-likeness (QED) is 0.477. The molecule has 0 aromatic carbocycles. The Morgan fingerprint density at radius 2 is 2.00 bits per heavy atom. The van der Waals surface area contributed by atoms with Crippen LogP contribution < -0.4 is 16.6 Å². The van der Waals surface area contributed by atoms with Crippen molar-refractivity contribution in [2.24, 2.45) is 0 Å². The lowest BCUT2D eigenvalue weighted by atomic mass is 10.5. The van der Waals surface area contributed by atoms with Crippen LogP contribution in [0.25, 0.3) is 11.2 Å². The Morgan fingerprint density at radius 1 is 1.29 bits per heavy atom. The maximum atomic E-state index is 11.0. The van der Waals surface area contributed by atoms with Crippen molar-refractivity contribution in [1.82, 2.24) is 29.9 Å². The number of fused-ring (bicyclic) bond motifs is 1. The van der Waals surface area contributed by atoms with Crippen LogP contribution in [0.4, 0.5) is 11.9 Å². The molecule has 108 valence electrons. The van der Waals surface area contributed by atoms with Crippen molar-refractivity contribution in [1.29, 1.82) is 0 Å². The van der Waals surface area contributed by atoms with Gasteiger partial charge in [-0.2, -0.15) is 4.98 Å². The maximum Gasteiger partial charge on any atom is 0.278 e. The van der Waals surface area contributed by atoms with Gasteiger partial charge in [-0.25, -0.2) is 15.0 Å². The van der Waals surface area contributed by atoms with Gasteiger partial charge in [0.05, 0.1) is 6.33 Å². The highest BCUT2D eigenvalue weighted by Gasteiger charge is 2.01. The van der Waals surface area contributed by atoms with E-state index in [9.17, 15) is 9.59 Å². The standard InChI is InChI=1S/C6H7N3O.C5H5N5O/c1-5(10)9-6-7-3-2-4-8-6;6-5-9-3-2(4(11)10-5)7-1-8-3/h2-4H,1H3,(H,7,8,9,10);1H,(H4,6,7,8,9,10,11). The normalized spacial score (nSPS) is 9.76. The first-order valence-corrected chi connectivity index (χ1v) is 5.79. The highest BCUT2D eigenvalue weighted by atomic mass is 16.1. The number of aromatic amines is 2. The summed E-state index contributed by atoms with van der Waals surface area (Å²) in [4.78, 5) is 41.5. The molecule has 0 saturated heterocycles. The molecule has 5 N–H and O–H groups in total. The SMILES string of the molecule is CC(=O)Nc1ncccn1.Nc1nc2nc[nH]c2c(=O)[nH]1. The first kappa shape index (κ1) is 14.1. The number of carbonyl (C=O) groups is 1. The van der Waals surface area contributed by atoms with Gasteiger partial charge in [0, 0.05) is 19.3 Å². The second kappa shape index (κ2) is 6.23. The molecule has 1 amide bonds. The molecule has 0 atom stereocenters. The maximum absolute atomic E-state index is 11.0. The molecule has 0 bridgehead atoms. The fourth-order valence-electron chi connectivity index (χ4n) is 1.38. The zero-order valence-corrected chi connectivity index (χ0v) is 11.0. The van der Waals surface area contributed by atoms with Crippen molar-refractivity contribution in [3.8, 4) is 0 Å². The number of H-pyrrole nitrogens is 2. The average molecular weight is 288 g/mol. The Hall–Kier alpha value is -3.30. The lowest BCUT2D eigenvalue weighted by molar-refractivity contribution is -0.114. The predicted octanol–water partition coefficient (Wildman–Crippen LogP) is -0.337. The van der Waals surface area contributed by atoms with E-state index in [1.807, 2.05) is 0 Å². The van der Waals surface area contributed by atoms with E-state index in [1.165, 1.54) is 13.3 Å². The minimum absolute atomic E-state index is 0.0783. The number of carbonyl (C=O) groups excluding carboxylic acids is 1. The summed E-state index contributed by atoms with van der Waals surface area (Å²) in [5, 5.41) is 2.44. The summed E-state index contributed by atoms with van der Waals surface area (Å²) in [5.74, 6) is 0.260. The molecule has 0 aliphatic carbocycles. The fraction of sp³-hybridized carbons (Fsp3) is 0.0909. The molecule has 0 spiro atoms. The number of rotatable bonds is 1. The van der Waals surface area contributed by atoms with Gasteiger partial charge >= 0.3 is 0 Å². The van der Waals surface area contributed by atoms with E-state index in [0.29, 0.717) is 17.1 Å². The molecule has 3 aromatic heterocycles. The molecule has 3 aromatic rings. The van der Waals surface area contributed by atoms with Crippen LogP contribution in [0.5, 0.6) is 0 Å². The number of aromatic nitrogens is 6. The number of nitrogens with zero attached hydrogens (tertiary/aromatic N) is 4. The Bertz CT molecular complexity index is 795. The summed E-state index contributed by atoms with van der Waals surface area (Å²) < 4.78 is 0. The first-order valence-electron chi connectivity index (χ1n) is 5.79. The van der Waals surface area contributed by atoms with Crippen LogP contribution in [0.3, 0.4) is 0 Å². The molecule has 3 rings (SSSR count). The van der Waals surface area contributed by atoms with E-state index in [0.717, 1.165) is 0 Å². The van der Waals surface area contributed by atoms with Crippen LogP contribution in [-0.2, 0) is 4.79 Å². The molecule has 10 nitrogen and oxygen atoms in total. The largest absolute Gasteiger partial charge is 0.369 e. The molecule has 0 aliphatic rings. The number of anilines is 2. The van der Waals surface area contributed by atoms with Crippen LogP contribution in [0, 0.1) is 0 Å². The van der Waals surface area contributed by atoms with Crippen molar-refractivity contribution in [2.45, 2.75) is 6.92 Å². The number of hydrogen-bond donors (Lipinski definition) is 4. The van der Waals surface area contributed by atoms with Crippen LogP contribution in [0.15, 0.2) is 29.6 Å². The van der Waals surface area contributed by atoms with Crippen molar-refractivity contribution >= 4 is 29.0 Å². The van der Waals surface area contributed by atoms with Gasteiger partial charge < -0.3 is 10.7 Å². The van der Waals surface area contributed by atoms with Crippen molar-refractivity contribution < 1.29 is 4.79 Å². The minimum Gasteiger partial charge on any atom is -0.369 e. The number of hydrogen-bond acceptors (Lipinski definition) is 7. The lowest BCUT2D eigenvalue weighted by Gasteiger charge is -1.95. The van der Waals surface area contributed by atoms with E-state index in [1.54, 1.807) is 18.5 Å². The van der Waals surface area contributed by atoms with Crippen LogP contribution in [-0.4, -0.2) is 35.8 Å². The van der Waals surface area contributed by atoms with Gasteiger partial charge in [-0.15, -0.1) is 0 Å². The zero-order chi connectivity index (χ0) is 15.2. The van der Waals surface area contributed by atoms with E-state index < -0.39 is 0 Å². The zero-order valence-electron chi connectivity index (χ0n) is 11.0. The van der Waals surface area contributed by atoms with Crippen molar-refractivity contribution in [3.63, 3.8) is 0 Å². The minimum atomic E-state index is -0.301. The summed E-state index contributed by atoms with van der Waals surface area (Å²) in [6, 6.07) is 1.69. The number of nitrogens with two attached hydrogens (primary N) is 1. The number of nitrogen functional groups attached to an aromatic ring is 1. The molecular formula is C11H12N8O2. The van der Waals surface area contributed by atoms with E-state index in [-0.39, 0.29) is 17.4 Å². The Kier molecular flexibility index (Phi) is 4.19. The molecule has 0 aliphatic heterocycles. The van der Waals surface area contributed by atoms with Gasteiger partial charge in [0.15, 0.2) is 11.2 Å². The van der Waals surface area contributed by atoms with Gasteiger partial charge in [-0.1, -0.05) is 0 Å². The molecular weight excluding hydrogens is 276 g/mol. The third-order valence-corrected chi connectivity index (χ3v) is 2.17. The molecule has 0 radical (unpaired) electrons. The fourth-order valence-corrected chi connectivity index (χ4v) is 1.38. The van der Waals surface area contributed by atoms with Gasteiger partial charge in [0.1, 0.15) is 0 Å². The molecule has 10 heteroatoms. The second-order valence-corrected chi connectivity index (χ2v) is 3.81. The Morgan fingerprint density at radius 3 is 2.67 bits per heavy atom. The van der Waals surface area contributed by atoms with Crippen LogP contribution in [0.1, 0.15) is 6.92 Å². The smallest absolute Gasteiger partial charge is 0.278 e. The molecule has 0 unspecified atom stereocenters. The predicted molar refractivity (Wildman–Crippen MR) is 75.3 cm³/mol. The highest BCUT2D eigenvalue weighted by molar-refractivity contribution is 5.86. The van der Waals surface area contributed by atoms with Crippen molar-refractivity contribution in [2.75, 3.05) is 11.1 Å². The number of amides is 1. The molecule has 0 fully saturated rings. The van der Waals surface area contributed by atoms with Gasteiger partial charge in [-0.3, -0.25) is 19.9 Å². The Labute approximate surface area is 117 Å². The summed E-state index contributed by atoms with van der Waals surface area (Å²) >= 11 is 0. The Balaban J connectivity index is 0.000000155. The summed E-state index contributed by atoms with van der Waals surface area (Å²) in [5.41, 5.74) is 5.65. The van der Waals surface area contributed by atoms with Gasteiger partial charge in [-0.05, 0) is 6.07 Å². The van der Waals surface area contributed by atoms with E-state index in [2.05, 4.69) is 35.2 Å². The third-order valence-electron chi connectivity index (χ3n) is 2.17. The summed E-state index contributed by atoms with van der Waals surface area (Å²) in [6.45, 7) is 1.41. The monoisotopic (exact) mass is 288 g/mol. The highest BCUT2D eigenvalue weighted by Crippen LogP contribution is 1.98. The number of imidazole rings is 1. The second-order valence-electron chi connectivity index (χ2n) is 3.81. The van der Waals surface area contributed by atoms with E-state index >= 15 is 0 Å². The van der Waals surface area contributed by atoms with Crippen LogP contribution >= 0.6 is 0 Å². The average Bonchev–Trinajstić information content (AvgIpc) is 2.88. The summed E-state index contributed by atoms with van der Waals surface area (Å²) in [7, 11) is 0. The van der Waals surface area contributed by atoms with Crippen LogP contribution in [0.2, 0.25) is 0 Å². The molecule has 0 saturated carbocycles. The van der Waals surface area contributed by atoms with Gasteiger partial charge in [0.2, 0.25) is 17.8 Å². The number of nitrogens with one attached hydrogen (secondary N) is 3. The first-order chi connectivity index (χ1) is 10.1. The molecule has 21 heavy (non-hydrogen) atoms. The topological polar surface area (TPSA) is 155 Å². The lowest BCUT2D eigenvalue weighted by Crippen LogP contribution is -2.10. The molecule has 3 heterocycles. The van der Waals surface area contributed by atoms with E-state index in [4.69, 9.17) is 5.73 Å². The summed E-state index contributed by atoms with van der Waals surface area (Å²) in [6.07, 6.45) is 4.53.